The average molecular weight is 235 g/mol. The van der Waals surface area contributed by atoms with Gasteiger partial charge in [-0.2, -0.15) is 0 Å². The van der Waals surface area contributed by atoms with E-state index < -0.39 is 11.5 Å². The molecular formula is C13H17NO3. The molecule has 2 unspecified atom stereocenters. The van der Waals surface area contributed by atoms with Crippen molar-refractivity contribution in [2.24, 2.45) is 0 Å². The molecule has 92 valence electrons. The Bertz CT molecular complexity index is 415. The molecule has 0 aliphatic carbocycles. The maximum atomic E-state index is 11.2. The fraction of sp³-hybridized carbons (Fsp3) is 0.462. The zero-order valence-corrected chi connectivity index (χ0v) is 9.81. The van der Waals surface area contributed by atoms with Gasteiger partial charge in [0.15, 0.2) is 0 Å². The lowest BCUT2D eigenvalue weighted by Gasteiger charge is -2.36. The summed E-state index contributed by atoms with van der Waals surface area (Å²) in [5.74, 6) is -0.331. The second kappa shape index (κ2) is 4.37. The van der Waals surface area contributed by atoms with Crippen LogP contribution in [0.3, 0.4) is 0 Å². The van der Waals surface area contributed by atoms with E-state index in [0.717, 1.165) is 12.0 Å². The molecule has 1 heterocycles. The van der Waals surface area contributed by atoms with Crippen molar-refractivity contribution < 1.29 is 15.0 Å². The van der Waals surface area contributed by atoms with Crippen LogP contribution < -0.4 is 5.32 Å². The average Bonchev–Trinajstić information content (AvgIpc) is 2.30. The molecule has 3 N–H and O–H groups in total. The molecule has 1 aliphatic rings. The fourth-order valence-electron chi connectivity index (χ4n) is 2.38. The maximum Gasteiger partial charge on any atom is 0.323 e. The molecule has 1 fully saturated rings. The second-order valence-corrected chi connectivity index (χ2v) is 4.85. The van der Waals surface area contributed by atoms with Gasteiger partial charge in [-0.3, -0.25) is 4.79 Å². The maximum absolute atomic E-state index is 11.2. The summed E-state index contributed by atoms with van der Waals surface area (Å²) < 4.78 is 0. The van der Waals surface area contributed by atoms with Crippen LogP contribution in [0, 0.1) is 0 Å². The van der Waals surface area contributed by atoms with Crippen molar-refractivity contribution in [3.63, 3.8) is 0 Å². The van der Waals surface area contributed by atoms with Crippen LogP contribution in [0.5, 0.6) is 5.75 Å². The number of piperidine rings is 1. The van der Waals surface area contributed by atoms with Gasteiger partial charge in [0.25, 0.3) is 0 Å². The van der Waals surface area contributed by atoms with Gasteiger partial charge in [-0.25, -0.2) is 0 Å². The standard InChI is InChI=1S/C13H17NO3/c1-13(12(16)17)8-10(6-7-14-13)9-2-4-11(15)5-3-9/h2-5,10,14-15H,6-8H2,1H3,(H,16,17). The number of benzene rings is 1. The lowest BCUT2D eigenvalue weighted by Crippen LogP contribution is -2.53. The van der Waals surface area contributed by atoms with Crippen LogP contribution in [-0.4, -0.2) is 28.3 Å². The summed E-state index contributed by atoms with van der Waals surface area (Å²) in [6.45, 7) is 2.43. The van der Waals surface area contributed by atoms with Crippen LogP contribution in [0.15, 0.2) is 24.3 Å². The van der Waals surface area contributed by atoms with E-state index in [2.05, 4.69) is 5.32 Å². The first-order chi connectivity index (χ1) is 8.01. The third-order valence-corrected chi connectivity index (χ3v) is 3.50. The van der Waals surface area contributed by atoms with E-state index >= 15 is 0 Å². The number of hydrogen-bond donors (Lipinski definition) is 3. The van der Waals surface area contributed by atoms with Crippen molar-refractivity contribution >= 4 is 5.97 Å². The molecule has 2 rings (SSSR count). The summed E-state index contributed by atoms with van der Waals surface area (Å²) in [5.41, 5.74) is 0.248. The van der Waals surface area contributed by atoms with E-state index in [9.17, 15) is 15.0 Å². The first kappa shape index (κ1) is 11.9. The van der Waals surface area contributed by atoms with Crippen LogP contribution >= 0.6 is 0 Å². The summed E-state index contributed by atoms with van der Waals surface area (Å²) in [7, 11) is 0. The Morgan fingerprint density at radius 1 is 1.41 bits per heavy atom. The second-order valence-electron chi connectivity index (χ2n) is 4.85. The number of phenols is 1. The molecule has 4 heteroatoms. The molecule has 2 atom stereocenters. The minimum absolute atomic E-state index is 0.234. The molecule has 0 radical (unpaired) electrons. The predicted molar refractivity (Wildman–Crippen MR) is 64.1 cm³/mol. The largest absolute Gasteiger partial charge is 0.508 e. The molecule has 1 aromatic rings. The third-order valence-electron chi connectivity index (χ3n) is 3.50. The Morgan fingerprint density at radius 3 is 2.65 bits per heavy atom. The number of aliphatic carboxylic acids is 1. The summed E-state index contributed by atoms with van der Waals surface area (Å²) in [4.78, 5) is 11.2. The topological polar surface area (TPSA) is 69.6 Å². The zero-order valence-electron chi connectivity index (χ0n) is 9.81. The van der Waals surface area contributed by atoms with Crippen LogP contribution in [0.4, 0.5) is 0 Å². The molecule has 1 aliphatic heterocycles. The quantitative estimate of drug-likeness (QED) is 0.729. The van der Waals surface area contributed by atoms with Gasteiger partial charge in [0.05, 0.1) is 0 Å². The number of rotatable bonds is 2. The lowest BCUT2D eigenvalue weighted by atomic mass is 9.79. The van der Waals surface area contributed by atoms with Crippen molar-refractivity contribution in [1.29, 1.82) is 0 Å². The molecule has 4 nitrogen and oxygen atoms in total. The summed E-state index contributed by atoms with van der Waals surface area (Å²) in [5, 5.41) is 21.5. The first-order valence-electron chi connectivity index (χ1n) is 5.78. The Hall–Kier alpha value is -1.55. The minimum atomic E-state index is -0.846. The van der Waals surface area contributed by atoms with Crippen LogP contribution in [0.1, 0.15) is 31.2 Å². The van der Waals surface area contributed by atoms with Gasteiger partial charge in [-0.15, -0.1) is 0 Å². The number of nitrogens with one attached hydrogen (secondary N) is 1. The van der Waals surface area contributed by atoms with E-state index in [0.29, 0.717) is 13.0 Å². The van der Waals surface area contributed by atoms with E-state index in [1.165, 1.54) is 0 Å². The third kappa shape index (κ3) is 2.42. The zero-order chi connectivity index (χ0) is 12.5. The highest BCUT2D eigenvalue weighted by molar-refractivity contribution is 5.78. The summed E-state index contributed by atoms with van der Waals surface area (Å²) >= 11 is 0. The fourth-order valence-corrected chi connectivity index (χ4v) is 2.38. The van der Waals surface area contributed by atoms with Crippen molar-refractivity contribution in [2.75, 3.05) is 6.54 Å². The number of carbonyl (C=O) groups is 1. The smallest absolute Gasteiger partial charge is 0.323 e. The molecule has 0 bridgehead atoms. The summed E-state index contributed by atoms with van der Waals surface area (Å²) in [6.07, 6.45) is 1.50. The number of carboxylic acid groups (broad SMARTS) is 1. The first-order valence-corrected chi connectivity index (χ1v) is 5.78. The monoisotopic (exact) mass is 235 g/mol. The van der Waals surface area contributed by atoms with Gasteiger partial charge in [0, 0.05) is 0 Å². The van der Waals surface area contributed by atoms with Gasteiger partial charge in [-0.05, 0) is 49.9 Å². The molecule has 1 aromatic carbocycles. The Kier molecular flexibility index (Phi) is 3.07. The molecule has 0 spiro atoms. The molecule has 17 heavy (non-hydrogen) atoms. The Morgan fingerprint density at radius 2 is 2.06 bits per heavy atom. The normalized spacial score (nSPS) is 28.9. The SMILES string of the molecule is CC1(C(=O)O)CC(c2ccc(O)cc2)CCN1. The van der Waals surface area contributed by atoms with Crippen molar-refractivity contribution in [2.45, 2.75) is 31.2 Å². The van der Waals surface area contributed by atoms with E-state index in [1.54, 1.807) is 19.1 Å². The van der Waals surface area contributed by atoms with Crippen LogP contribution in [0.25, 0.3) is 0 Å². The van der Waals surface area contributed by atoms with Crippen LogP contribution in [-0.2, 0) is 4.79 Å². The molecule has 1 saturated heterocycles. The van der Waals surface area contributed by atoms with Crippen molar-refractivity contribution in [3.8, 4) is 5.75 Å². The summed E-state index contributed by atoms with van der Waals surface area (Å²) in [6, 6.07) is 7.03. The van der Waals surface area contributed by atoms with E-state index in [-0.39, 0.29) is 11.7 Å². The van der Waals surface area contributed by atoms with Gasteiger partial charge in [0.1, 0.15) is 11.3 Å². The highest BCUT2D eigenvalue weighted by atomic mass is 16.4. The number of phenolic OH excluding ortho intramolecular Hbond substituents is 1. The number of carboxylic acids is 1. The Labute approximate surface area is 100 Å². The van der Waals surface area contributed by atoms with Gasteiger partial charge >= 0.3 is 5.97 Å². The number of aromatic hydroxyl groups is 1. The van der Waals surface area contributed by atoms with E-state index in [4.69, 9.17) is 0 Å². The van der Waals surface area contributed by atoms with Gasteiger partial charge < -0.3 is 15.5 Å². The minimum Gasteiger partial charge on any atom is -0.508 e. The van der Waals surface area contributed by atoms with E-state index in [1.807, 2.05) is 12.1 Å². The molecule has 0 aromatic heterocycles. The van der Waals surface area contributed by atoms with Crippen molar-refractivity contribution in [1.82, 2.24) is 5.32 Å². The van der Waals surface area contributed by atoms with Gasteiger partial charge in [0.2, 0.25) is 0 Å². The molecule has 0 amide bonds. The van der Waals surface area contributed by atoms with Crippen LogP contribution in [0.2, 0.25) is 0 Å². The lowest BCUT2D eigenvalue weighted by molar-refractivity contribution is -0.145. The van der Waals surface area contributed by atoms with Gasteiger partial charge in [-0.1, -0.05) is 12.1 Å². The Balaban J connectivity index is 2.17. The molecule has 0 saturated carbocycles. The number of hydrogen-bond acceptors (Lipinski definition) is 3. The van der Waals surface area contributed by atoms with Crippen molar-refractivity contribution in [3.05, 3.63) is 29.8 Å². The highest BCUT2D eigenvalue weighted by Gasteiger charge is 2.38. The highest BCUT2D eigenvalue weighted by Crippen LogP contribution is 2.33. The molecular weight excluding hydrogens is 218 g/mol. The predicted octanol–water partition coefficient (Wildman–Crippen LogP) is 1.70.